The first-order chi connectivity index (χ1) is 9.54. The summed E-state index contributed by atoms with van der Waals surface area (Å²) in [5.41, 5.74) is 0.0122. The van der Waals surface area contributed by atoms with Gasteiger partial charge < -0.3 is 10.4 Å². The summed E-state index contributed by atoms with van der Waals surface area (Å²) in [4.78, 5) is 27.2. The Morgan fingerprint density at radius 3 is 2.90 bits per heavy atom. The van der Waals surface area contributed by atoms with Gasteiger partial charge in [0.2, 0.25) is 0 Å². The van der Waals surface area contributed by atoms with Crippen molar-refractivity contribution in [3.8, 4) is 0 Å². The number of aromatic carboxylic acids is 1. The van der Waals surface area contributed by atoms with Crippen LogP contribution in [0.5, 0.6) is 0 Å². The smallest absolute Gasteiger partial charge is 0.355 e. The molecule has 0 aliphatic carbocycles. The van der Waals surface area contributed by atoms with Gasteiger partial charge >= 0.3 is 12.0 Å². The monoisotopic (exact) mass is 297 g/mol. The molecule has 2 aromatic rings. The number of nitrogens with zero attached hydrogens (tertiary/aromatic N) is 5. The molecule has 0 radical (unpaired) electrons. The number of aryl methyl sites for hydroxylation is 1. The van der Waals surface area contributed by atoms with E-state index in [0.29, 0.717) is 18.0 Å². The van der Waals surface area contributed by atoms with Gasteiger partial charge in [-0.1, -0.05) is 5.10 Å². The van der Waals surface area contributed by atoms with Crippen LogP contribution in [0.3, 0.4) is 0 Å². The van der Waals surface area contributed by atoms with Crippen LogP contribution in [0.2, 0.25) is 0 Å². The van der Waals surface area contributed by atoms with Gasteiger partial charge in [0.1, 0.15) is 0 Å². The lowest BCUT2D eigenvalue weighted by molar-refractivity contribution is 0.0691. The van der Waals surface area contributed by atoms with Crippen LogP contribution in [-0.2, 0) is 13.5 Å². The van der Waals surface area contributed by atoms with E-state index in [1.807, 2.05) is 0 Å². The van der Waals surface area contributed by atoms with E-state index in [1.54, 1.807) is 7.05 Å². The largest absolute Gasteiger partial charge is 0.476 e. The van der Waals surface area contributed by atoms with Gasteiger partial charge in [0, 0.05) is 18.3 Å². The average Bonchev–Trinajstić information content (AvgIpc) is 2.99. The normalized spacial score (nSPS) is 10.2. The maximum Gasteiger partial charge on any atom is 0.355 e. The molecule has 2 heterocycles. The Kier molecular flexibility index (Phi) is 4.20. The van der Waals surface area contributed by atoms with Gasteiger partial charge in [0.15, 0.2) is 5.69 Å². The van der Waals surface area contributed by atoms with E-state index in [4.69, 9.17) is 5.11 Å². The third kappa shape index (κ3) is 3.71. The van der Waals surface area contributed by atoms with Gasteiger partial charge in [-0.15, -0.1) is 16.4 Å². The highest BCUT2D eigenvalue weighted by atomic mass is 32.1. The van der Waals surface area contributed by atoms with E-state index in [0.717, 1.165) is 0 Å². The van der Waals surface area contributed by atoms with Crippen LogP contribution in [0.4, 0.5) is 10.7 Å². The number of hydrogen-bond donors (Lipinski definition) is 3. The lowest BCUT2D eigenvalue weighted by atomic mass is 10.4. The van der Waals surface area contributed by atoms with Crippen LogP contribution in [0.1, 0.15) is 15.5 Å². The number of anilines is 1. The summed E-state index contributed by atoms with van der Waals surface area (Å²) in [6.45, 7) is 0.318. The molecule has 2 amide bonds. The van der Waals surface area contributed by atoms with E-state index < -0.39 is 12.0 Å². The van der Waals surface area contributed by atoms with E-state index in [1.165, 1.54) is 21.5 Å². The fourth-order valence-electron chi connectivity index (χ4n) is 1.29. The summed E-state index contributed by atoms with van der Waals surface area (Å²) >= 11 is 1.24. The number of urea groups is 1. The minimum Gasteiger partial charge on any atom is -0.476 e. The Hall–Kier alpha value is -2.56. The summed E-state index contributed by atoms with van der Waals surface area (Å²) in [5, 5.41) is 26.8. The zero-order chi connectivity index (χ0) is 14.5. The van der Waals surface area contributed by atoms with Crippen LogP contribution in [0, 0.1) is 0 Å². The molecule has 0 aliphatic rings. The van der Waals surface area contributed by atoms with Crippen molar-refractivity contribution in [2.45, 2.75) is 6.42 Å². The molecule has 3 N–H and O–H groups in total. The third-order valence-electron chi connectivity index (χ3n) is 2.13. The fourth-order valence-corrected chi connectivity index (χ4v) is 2.06. The number of amides is 2. The number of carboxylic acids is 1. The zero-order valence-electron chi connectivity index (χ0n) is 10.4. The number of carboxylic acid groups (broad SMARTS) is 1. The summed E-state index contributed by atoms with van der Waals surface area (Å²) in [6.07, 6.45) is 0.444. The van der Waals surface area contributed by atoms with E-state index in [9.17, 15) is 9.59 Å². The zero-order valence-corrected chi connectivity index (χ0v) is 11.2. The average molecular weight is 297 g/mol. The fraction of sp³-hybridized carbons (Fsp3) is 0.333. The van der Waals surface area contributed by atoms with Crippen molar-refractivity contribution >= 4 is 29.3 Å². The van der Waals surface area contributed by atoms with Crippen molar-refractivity contribution in [2.75, 3.05) is 11.9 Å². The Labute approximate surface area is 116 Å². The number of carbonyl (C=O) groups is 2. The molecular weight excluding hydrogens is 286 g/mol. The van der Waals surface area contributed by atoms with Gasteiger partial charge in [-0.25, -0.2) is 14.6 Å². The third-order valence-corrected chi connectivity index (χ3v) is 3.04. The molecule has 0 aliphatic heterocycles. The summed E-state index contributed by atoms with van der Waals surface area (Å²) in [6, 6.07) is -0.465. The summed E-state index contributed by atoms with van der Waals surface area (Å²) in [5.74, 6) is -0.959. The van der Waals surface area contributed by atoms with Crippen LogP contribution < -0.4 is 10.6 Å². The standard InChI is InChI=1S/C9H11N7O3S/c1-16-14-8(13-15-16)12-9(19)10-3-2-6-11-5(4-20-6)7(17)18/h4H,2-3H2,1H3,(H,17,18)(H2,10,12,14,19). The Bertz CT molecular complexity index is 623. The first-order valence-electron chi connectivity index (χ1n) is 5.51. The second kappa shape index (κ2) is 6.06. The van der Waals surface area contributed by atoms with Crippen LogP contribution in [0.15, 0.2) is 5.38 Å². The molecule has 0 unspecified atom stereocenters. The Balaban J connectivity index is 1.74. The van der Waals surface area contributed by atoms with Crippen LogP contribution in [0.25, 0.3) is 0 Å². The molecule has 0 atom stereocenters. The molecule has 0 saturated carbocycles. The SMILES string of the molecule is Cn1nnc(NC(=O)NCCc2nc(C(=O)O)cs2)n1. The molecule has 20 heavy (non-hydrogen) atoms. The van der Waals surface area contributed by atoms with E-state index >= 15 is 0 Å². The molecule has 2 aromatic heterocycles. The number of rotatable bonds is 5. The van der Waals surface area contributed by atoms with E-state index in [-0.39, 0.29) is 11.6 Å². The lowest BCUT2D eigenvalue weighted by Gasteiger charge is -2.02. The topological polar surface area (TPSA) is 135 Å². The molecular formula is C9H11N7O3S. The number of aromatic nitrogens is 5. The van der Waals surface area contributed by atoms with Crippen molar-refractivity contribution in [2.24, 2.45) is 7.05 Å². The quantitative estimate of drug-likeness (QED) is 0.691. The predicted octanol–water partition coefficient (Wildman–Crippen LogP) is -0.271. The van der Waals surface area contributed by atoms with Crippen molar-refractivity contribution in [3.63, 3.8) is 0 Å². The number of tetrazole rings is 1. The molecule has 11 heteroatoms. The van der Waals surface area contributed by atoms with Crippen LogP contribution in [-0.4, -0.2) is 48.8 Å². The minimum atomic E-state index is -1.06. The highest BCUT2D eigenvalue weighted by molar-refractivity contribution is 7.09. The number of thiazole rings is 1. The lowest BCUT2D eigenvalue weighted by Crippen LogP contribution is -2.30. The van der Waals surface area contributed by atoms with Gasteiger partial charge in [0.05, 0.1) is 12.1 Å². The van der Waals surface area contributed by atoms with E-state index in [2.05, 4.69) is 31.0 Å². The number of nitrogens with one attached hydrogen (secondary N) is 2. The second-order valence-corrected chi connectivity index (χ2v) is 4.61. The maximum atomic E-state index is 11.5. The van der Waals surface area contributed by atoms with Crippen molar-refractivity contribution in [1.82, 2.24) is 30.5 Å². The van der Waals surface area contributed by atoms with Crippen molar-refractivity contribution in [1.29, 1.82) is 0 Å². The molecule has 2 rings (SSSR count). The molecule has 106 valence electrons. The second-order valence-electron chi connectivity index (χ2n) is 3.67. The number of carbonyl (C=O) groups excluding carboxylic acids is 1. The van der Waals surface area contributed by atoms with Gasteiger partial charge in [-0.2, -0.15) is 4.80 Å². The first-order valence-corrected chi connectivity index (χ1v) is 6.39. The highest BCUT2D eigenvalue weighted by Gasteiger charge is 2.09. The van der Waals surface area contributed by atoms with Crippen molar-refractivity contribution < 1.29 is 14.7 Å². The molecule has 0 saturated heterocycles. The number of hydrogen-bond acceptors (Lipinski definition) is 7. The maximum absolute atomic E-state index is 11.5. The highest BCUT2D eigenvalue weighted by Crippen LogP contribution is 2.09. The molecule has 10 nitrogen and oxygen atoms in total. The van der Waals surface area contributed by atoms with Gasteiger partial charge in [-0.3, -0.25) is 5.32 Å². The summed E-state index contributed by atoms with van der Waals surface area (Å²) in [7, 11) is 1.58. The minimum absolute atomic E-state index is 0.0122. The van der Waals surface area contributed by atoms with Gasteiger partial charge in [-0.05, 0) is 5.21 Å². The molecule has 0 spiro atoms. The first kappa shape index (κ1) is 13.9. The molecule has 0 fully saturated rings. The Morgan fingerprint density at radius 1 is 1.50 bits per heavy atom. The predicted molar refractivity (Wildman–Crippen MR) is 68.6 cm³/mol. The molecule has 0 aromatic carbocycles. The Morgan fingerprint density at radius 2 is 2.30 bits per heavy atom. The van der Waals surface area contributed by atoms with Crippen molar-refractivity contribution in [3.05, 3.63) is 16.1 Å². The molecule has 0 bridgehead atoms. The van der Waals surface area contributed by atoms with Crippen LogP contribution >= 0.6 is 11.3 Å². The van der Waals surface area contributed by atoms with Gasteiger partial charge in [0.25, 0.3) is 5.95 Å². The summed E-state index contributed by atoms with van der Waals surface area (Å²) < 4.78 is 0.